The third kappa shape index (κ3) is 3.07. The first-order valence-electron chi connectivity index (χ1n) is 7.11. The normalized spacial score (nSPS) is 11.5. The molecule has 0 fully saturated rings. The van der Waals surface area contributed by atoms with E-state index >= 15 is 0 Å². The highest BCUT2D eigenvalue weighted by molar-refractivity contribution is 5.39. The standard InChI is InChI=1S/C16H18N4O2/c1-11-4-5-15-17-13(7-16(21)20(15)8-11)9-19(3)10-14-6-12(2)22-18-14/h4-8H,9-10H2,1-3H3. The number of rotatable bonds is 4. The monoisotopic (exact) mass is 298 g/mol. The van der Waals surface area contributed by atoms with Crippen LogP contribution < -0.4 is 5.56 Å². The van der Waals surface area contributed by atoms with Gasteiger partial charge in [-0.1, -0.05) is 11.2 Å². The van der Waals surface area contributed by atoms with Crippen LogP contribution in [0, 0.1) is 13.8 Å². The smallest absolute Gasteiger partial charge is 0.258 e. The van der Waals surface area contributed by atoms with Crippen molar-refractivity contribution in [3.63, 3.8) is 0 Å². The highest BCUT2D eigenvalue weighted by Gasteiger charge is 2.08. The van der Waals surface area contributed by atoms with Gasteiger partial charge in [0.25, 0.3) is 5.56 Å². The first-order valence-corrected chi connectivity index (χ1v) is 7.11. The van der Waals surface area contributed by atoms with Crippen LogP contribution in [0.2, 0.25) is 0 Å². The molecule has 0 aromatic carbocycles. The first-order chi connectivity index (χ1) is 10.5. The van der Waals surface area contributed by atoms with Crippen molar-refractivity contribution in [1.29, 1.82) is 0 Å². The Morgan fingerprint density at radius 1 is 1.18 bits per heavy atom. The summed E-state index contributed by atoms with van der Waals surface area (Å²) in [5.74, 6) is 0.792. The molecule has 22 heavy (non-hydrogen) atoms. The Labute approximate surface area is 128 Å². The molecule has 6 nitrogen and oxygen atoms in total. The summed E-state index contributed by atoms with van der Waals surface area (Å²) in [6.45, 7) is 5.04. The highest BCUT2D eigenvalue weighted by Crippen LogP contribution is 2.08. The van der Waals surface area contributed by atoms with Gasteiger partial charge in [-0.25, -0.2) is 4.98 Å². The van der Waals surface area contributed by atoms with Gasteiger partial charge in [-0.15, -0.1) is 0 Å². The minimum atomic E-state index is -0.0608. The van der Waals surface area contributed by atoms with Gasteiger partial charge in [-0.05, 0) is 32.5 Å². The number of hydrogen-bond donors (Lipinski definition) is 0. The Hall–Kier alpha value is -2.47. The molecule has 3 aromatic rings. The van der Waals surface area contributed by atoms with Gasteiger partial charge in [0.05, 0.1) is 11.4 Å². The fourth-order valence-corrected chi connectivity index (χ4v) is 2.44. The van der Waals surface area contributed by atoms with Crippen LogP contribution in [-0.2, 0) is 13.1 Å². The summed E-state index contributed by atoms with van der Waals surface area (Å²) in [5.41, 5.74) is 3.25. The Balaban J connectivity index is 1.81. The molecule has 3 aromatic heterocycles. The van der Waals surface area contributed by atoms with Crippen molar-refractivity contribution in [3.05, 3.63) is 63.5 Å². The van der Waals surface area contributed by atoms with Crippen molar-refractivity contribution in [3.8, 4) is 0 Å². The van der Waals surface area contributed by atoms with E-state index in [2.05, 4.69) is 10.1 Å². The van der Waals surface area contributed by atoms with Gasteiger partial charge in [0.2, 0.25) is 0 Å². The van der Waals surface area contributed by atoms with E-state index in [1.165, 1.54) is 0 Å². The topological polar surface area (TPSA) is 63.6 Å². The van der Waals surface area contributed by atoms with Crippen molar-refractivity contribution < 1.29 is 4.52 Å². The van der Waals surface area contributed by atoms with Gasteiger partial charge in [0.15, 0.2) is 0 Å². The summed E-state index contributed by atoms with van der Waals surface area (Å²) in [5, 5.41) is 3.97. The zero-order chi connectivity index (χ0) is 15.7. The van der Waals surface area contributed by atoms with E-state index in [0.717, 1.165) is 22.7 Å². The summed E-state index contributed by atoms with van der Waals surface area (Å²) < 4.78 is 6.63. The second-order valence-electron chi connectivity index (χ2n) is 5.62. The molecule has 0 aliphatic carbocycles. The van der Waals surface area contributed by atoms with E-state index in [-0.39, 0.29) is 5.56 Å². The second-order valence-corrected chi connectivity index (χ2v) is 5.62. The highest BCUT2D eigenvalue weighted by atomic mass is 16.5. The van der Waals surface area contributed by atoms with Gasteiger partial charge < -0.3 is 4.52 Å². The minimum absolute atomic E-state index is 0.0608. The number of aromatic nitrogens is 3. The maximum Gasteiger partial charge on any atom is 0.258 e. The van der Waals surface area contributed by atoms with E-state index in [1.807, 2.05) is 44.0 Å². The van der Waals surface area contributed by atoms with Crippen LogP contribution in [0.25, 0.3) is 5.65 Å². The lowest BCUT2D eigenvalue weighted by atomic mass is 10.3. The summed E-state index contributed by atoms with van der Waals surface area (Å²) in [6.07, 6.45) is 1.80. The largest absolute Gasteiger partial charge is 0.361 e. The molecular weight excluding hydrogens is 280 g/mol. The van der Waals surface area contributed by atoms with Gasteiger partial charge in [0.1, 0.15) is 11.4 Å². The van der Waals surface area contributed by atoms with E-state index < -0.39 is 0 Å². The molecule has 0 N–H and O–H groups in total. The van der Waals surface area contributed by atoms with E-state index in [1.54, 1.807) is 16.7 Å². The van der Waals surface area contributed by atoms with Crippen LogP contribution in [0.1, 0.15) is 22.7 Å². The van der Waals surface area contributed by atoms with Crippen molar-refractivity contribution in [1.82, 2.24) is 19.4 Å². The molecule has 0 atom stereocenters. The van der Waals surface area contributed by atoms with Crippen molar-refractivity contribution in [2.75, 3.05) is 7.05 Å². The predicted octanol–water partition coefficient (Wildman–Crippen LogP) is 1.93. The molecule has 3 heterocycles. The third-order valence-electron chi connectivity index (χ3n) is 3.40. The molecule has 114 valence electrons. The Morgan fingerprint density at radius 3 is 2.68 bits per heavy atom. The lowest BCUT2D eigenvalue weighted by Crippen LogP contribution is -2.22. The van der Waals surface area contributed by atoms with Gasteiger partial charge >= 0.3 is 0 Å². The molecule has 0 aliphatic heterocycles. The molecule has 0 amide bonds. The fraction of sp³-hybridized carbons (Fsp3) is 0.312. The number of fused-ring (bicyclic) bond motifs is 1. The van der Waals surface area contributed by atoms with E-state index in [9.17, 15) is 4.79 Å². The van der Waals surface area contributed by atoms with Gasteiger partial charge in [-0.2, -0.15) is 0 Å². The molecule has 0 saturated carbocycles. The predicted molar refractivity (Wildman–Crippen MR) is 82.6 cm³/mol. The molecule has 3 rings (SSSR count). The molecule has 0 aliphatic rings. The lowest BCUT2D eigenvalue weighted by molar-refractivity contribution is 0.299. The Bertz CT molecular complexity index is 866. The van der Waals surface area contributed by atoms with Crippen LogP contribution in [0.5, 0.6) is 0 Å². The molecular formula is C16H18N4O2. The quantitative estimate of drug-likeness (QED) is 0.736. The van der Waals surface area contributed by atoms with E-state index in [4.69, 9.17) is 4.52 Å². The minimum Gasteiger partial charge on any atom is -0.361 e. The fourth-order valence-electron chi connectivity index (χ4n) is 2.44. The van der Waals surface area contributed by atoms with Gasteiger partial charge in [0, 0.05) is 31.4 Å². The summed E-state index contributed by atoms with van der Waals surface area (Å²) in [7, 11) is 1.96. The number of hydrogen-bond acceptors (Lipinski definition) is 5. The molecule has 6 heteroatoms. The molecule has 0 radical (unpaired) electrons. The van der Waals surface area contributed by atoms with Crippen LogP contribution in [0.15, 0.2) is 39.8 Å². The van der Waals surface area contributed by atoms with Crippen molar-refractivity contribution in [2.45, 2.75) is 26.9 Å². The number of pyridine rings is 1. The Kier molecular flexibility index (Phi) is 3.77. The summed E-state index contributed by atoms with van der Waals surface area (Å²) >= 11 is 0. The molecule has 0 saturated heterocycles. The summed E-state index contributed by atoms with van der Waals surface area (Å²) in [4.78, 5) is 18.8. The average Bonchev–Trinajstić information content (AvgIpc) is 2.85. The zero-order valence-electron chi connectivity index (χ0n) is 12.9. The van der Waals surface area contributed by atoms with Crippen molar-refractivity contribution in [2.24, 2.45) is 0 Å². The molecule has 0 spiro atoms. The maximum absolute atomic E-state index is 12.2. The lowest BCUT2D eigenvalue weighted by Gasteiger charge is -2.14. The van der Waals surface area contributed by atoms with Crippen molar-refractivity contribution >= 4 is 5.65 Å². The van der Waals surface area contributed by atoms with Crippen LogP contribution >= 0.6 is 0 Å². The SMILES string of the molecule is Cc1ccc2nc(CN(C)Cc3cc(C)on3)cc(=O)n2c1. The Morgan fingerprint density at radius 2 is 1.95 bits per heavy atom. The molecule has 0 unspecified atom stereocenters. The van der Waals surface area contributed by atoms with Crippen LogP contribution in [0.3, 0.4) is 0 Å². The second kappa shape index (κ2) is 5.73. The number of aryl methyl sites for hydroxylation is 2. The zero-order valence-corrected chi connectivity index (χ0v) is 12.9. The third-order valence-corrected chi connectivity index (χ3v) is 3.40. The maximum atomic E-state index is 12.2. The van der Waals surface area contributed by atoms with E-state index in [0.29, 0.717) is 18.7 Å². The first kappa shape index (κ1) is 14.5. The van der Waals surface area contributed by atoms with Crippen LogP contribution in [0.4, 0.5) is 0 Å². The summed E-state index contributed by atoms with van der Waals surface area (Å²) in [6, 6.07) is 7.30. The average molecular weight is 298 g/mol. The van der Waals surface area contributed by atoms with Gasteiger partial charge in [-0.3, -0.25) is 14.1 Å². The van der Waals surface area contributed by atoms with Crippen LogP contribution in [-0.4, -0.2) is 26.5 Å². The number of nitrogens with zero attached hydrogens (tertiary/aromatic N) is 4. The molecule has 0 bridgehead atoms.